The van der Waals surface area contributed by atoms with Crippen LogP contribution in [0.2, 0.25) is 0 Å². The van der Waals surface area contributed by atoms with Gasteiger partial charge in [0.1, 0.15) is 6.17 Å². The summed E-state index contributed by atoms with van der Waals surface area (Å²) in [6.45, 7) is 0. The van der Waals surface area contributed by atoms with Crippen LogP contribution in [0.3, 0.4) is 0 Å². The van der Waals surface area contributed by atoms with Crippen LogP contribution in [0.1, 0.15) is 34.0 Å². The molecule has 0 fully saturated rings. The Hall–Kier alpha value is -7.82. The Morgan fingerprint density at radius 2 is 1.10 bits per heavy atom. The van der Waals surface area contributed by atoms with Crippen LogP contribution >= 0.6 is 0 Å². The Balaban J connectivity index is 1.00. The first-order chi connectivity index (χ1) is 29.8. The number of hydrogen-bond acceptors (Lipinski definition) is 4. The van der Waals surface area contributed by atoms with E-state index in [2.05, 4.69) is 216 Å². The molecule has 0 saturated heterocycles. The molecule has 3 aliphatic rings. The van der Waals surface area contributed by atoms with Crippen molar-refractivity contribution in [1.29, 1.82) is 0 Å². The summed E-state index contributed by atoms with van der Waals surface area (Å²) in [6, 6.07) is 74.9. The van der Waals surface area contributed by atoms with Crippen molar-refractivity contribution >= 4 is 38.7 Å². The van der Waals surface area contributed by atoms with E-state index in [-0.39, 0.29) is 6.17 Å². The van der Waals surface area contributed by atoms with Gasteiger partial charge < -0.3 is 10.2 Å². The van der Waals surface area contributed by atoms with Crippen molar-refractivity contribution in [3.05, 3.63) is 234 Å². The molecule has 60 heavy (non-hydrogen) atoms. The van der Waals surface area contributed by atoms with Gasteiger partial charge in [-0.2, -0.15) is 0 Å². The van der Waals surface area contributed by atoms with Gasteiger partial charge in [-0.15, -0.1) is 0 Å². The highest BCUT2D eigenvalue weighted by Crippen LogP contribution is 2.66. The fraction of sp³-hybridized carbons (Fsp3) is 0.0357. The third-order valence-corrected chi connectivity index (χ3v) is 13.1. The van der Waals surface area contributed by atoms with Crippen molar-refractivity contribution < 1.29 is 0 Å². The number of rotatable bonds is 4. The number of anilines is 3. The van der Waals surface area contributed by atoms with Crippen molar-refractivity contribution in [3.63, 3.8) is 0 Å². The highest BCUT2D eigenvalue weighted by atomic mass is 15.3. The third-order valence-electron chi connectivity index (χ3n) is 13.1. The maximum absolute atomic E-state index is 5.44. The van der Waals surface area contributed by atoms with Gasteiger partial charge in [0.2, 0.25) is 0 Å². The van der Waals surface area contributed by atoms with E-state index < -0.39 is 5.41 Å². The normalized spacial score (nSPS) is 16.7. The Morgan fingerprint density at radius 1 is 0.450 bits per heavy atom. The van der Waals surface area contributed by atoms with E-state index in [1.54, 1.807) is 0 Å². The predicted octanol–water partition coefficient (Wildman–Crippen LogP) is 13.7. The molecule has 1 aromatic heterocycles. The molecule has 0 radical (unpaired) electrons. The van der Waals surface area contributed by atoms with Crippen LogP contribution in [-0.2, 0) is 5.41 Å². The van der Waals surface area contributed by atoms with Crippen LogP contribution < -0.4 is 10.2 Å². The molecule has 2 unspecified atom stereocenters. The smallest absolute Gasteiger partial charge is 0.160 e. The van der Waals surface area contributed by atoms with Gasteiger partial charge >= 0.3 is 0 Å². The summed E-state index contributed by atoms with van der Waals surface area (Å²) in [6.07, 6.45) is -0.0335. The molecule has 3 heterocycles. The number of benzene rings is 9. The Kier molecular flexibility index (Phi) is 6.96. The molecule has 1 N–H and O–H groups in total. The number of fused-ring (bicyclic) bond motifs is 11. The molecule has 9 aromatic carbocycles. The summed E-state index contributed by atoms with van der Waals surface area (Å²) in [5, 5.41) is 7.45. The summed E-state index contributed by atoms with van der Waals surface area (Å²) >= 11 is 0. The molecule has 1 aliphatic carbocycles. The van der Waals surface area contributed by atoms with E-state index in [1.807, 2.05) is 0 Å². The van der Waals surface area contributed by atoms with Crippen molar-refractivity contribution in [3.8, 4) is 44.9 Å². The van der Waals surface area contributed by atoms with Crippen LogP contribution in [-0.4, -0.2) is 9.97 Å². The highest BCUT2D eigenvalue weighted by molar-refractivity contribution is 6.00. The van der Waals surface area contributed by atoms with E-state index in [0.29, 0.717) is 5.82 Å². The average molecular weight is 765 g/mol. The van der Waals surface area contributed by atoms with Gasteiger partial charge in [0.25, 0.3) is 0 Å². The number of nitrogens with zero attached hydrogens (tertiary/aromatic N) is 3. The lowest BCUT2D eigenvalue weighted by Gasteiger charge is -2.44. The molecule has 280 valence electrons. The molecule has 2 atom stereocenters. The molecule has 13 rings (SSSR count). The zero-order valence-electron chi connectivity index (χ0n) is 32.5. The SMILES string of the molecule is c1ccc(C2Nc3cccc4c3N2c2ccccc2C42c3ccccc3-c3ccc(-c4nc(-c5ccc(-c6cccc7ccccc67)cc5)c5ccccc5n4)cc32)cc1. The molecule has 2 aliphatic heterocycles. The minimum Gasteiger partial charge on any atom is -0.359 e. The first-order valence-corrected chi connectivity index (χ1v) is 20.7. The fourth-order valence-electron chi connectivity index (χ4n) is 10.5. The Morgan fingerprint density at radius 3 is 2.00 bits per heavy atom. The second-order valence-corrected chi connectivity index (χ2v) is 16.1. The first kappa shape index (κ1) is 33.2. The van der Waals surface area contributed by atoms with Crippen LogP contribution in [0.4, 0.5) is 17.1 Å². The lowest BCUT2D eigenvalue weighted by molar-refractivity contribution is 0.720. The quantitative estimate of drug-likeness (QED) is 0.194. The first-order valence-electron chi connectivity index (χ1n) is 20.7. The molecular weight excluding hydrogens is 729 g/mol. The number of hydrogen-bond donors (Lipinski definition) is 1. The zero-order chi connectivity index (χ0) is 39.4. The van der Waals surface area contributed by atoms with E-state index >= 15 is 0 Å². The summed E-state index contributed by atoms with van der Waals surface area (Å²) in [4.78, 5) is 13.2. The minimum atomic E-state index is -0.565. The van der Waals surface area contributed by atoms with E-state index in [4.69, 9.17) is 9.97 Å². The molecule has 1 spiro atoms. The van der Waals surface area contributed by atoms with Gasteiger partial charge in [0.15, 0.2) is 5.82 Å². The molecule has 0 saturated carbocycles. The standard InChI is InChI=1S/C56H36N4/c1-2-15-38(16-3-1)55-58-50-26-13-24-47-53(50)60(55)51-27-11-9-23-46(51)56(47)45-22-8-6-19-42(45)43-33-32-39(34-48(43)56)54-57-49-25-10-7-20-44(49)52(59-54)37-30-28-36(29-31-37)41-21-12-17-35-14-4-5-18-40(35)41/h1-34,55,58H. The Bertz CT molecular complexity index is 3370. The lowest BCUT2D eigenvalue weighted by Crippen LogP contribution is -2.37. The number of aromatic nitrogens is 2. The maximum Gasteiger partial charge on any atom is 0.160 e. The largest absolute Gasteiger partial charge is 0.359 e. The van der Waals surface area contributed by atoms with Gasteiger partial charge in [0.05, 0.1) is 28.0 Å². The molecule has 4 heteroatoms. The predicted molar refractivity (Wildman–Crippen MR) is 246 cm³/mol. The summed E-state index contributed by atoms with van der Waals surface area (Å²) < 4.78 is 0. The Labute approximate surface area is 348 Å². The average Bonchev–Trinajstić information content (AvgIpc) is 3.85. The maximum atomic E-state index is 5.44. The van der Waals surface area contributed by atoms with Gasteiger partial charge in [-0.1, -0.05) is 182 Å². The fourth-order valence-corrected chi connectivity index (χ4v) is 10.5. The number of para-hydroxylation sites is 3. The second kappa shape index (κ2) is 12.6. The van der Waals surface area contributed by atoms with Crippen LogP contribution in [0, 0.1) is 0 Å². The number of nitrogens with one attached hydrogen (secondary N) is 1. The van der Waals surface area contributed by atoms with Crippen molar-refractivity contribution in [2.45, 2.75) is 11.6 Å². The summed E-state index contributed by atoms with van der Waals surface area (Å²) in [5.41, 5.74) is 18.2. The third kappa shape index (κ3) is 4.56. The van der Waals surface area contributed by atoms with Crippen molar-refractivity contribution in [1.82, 2.24) is 9.97 Å². The molecule has 4 nitrogen and oxygen atoms in total. The summed E-state index contributed by atoms with van der Waals surface area (Å²) in [7, 11) is 0. The van der Waals surface area contributed by atoms with Crippen LogP contribution in [0.25, 0.3) is 66.6 Å². The monoisotopic (exact) mass is 764 g/mol. The molecule has 10 aromatic rings. The van der Waals surface area contributed by atoms with Gasteiger partial charge in [-0.05, 0) is 85.1 Å². The van der Waals surface area contributed by atoms with E-state index in [0.717, 1.165) is 33.4 Å². The van der Waals surface area contributed by atoms with Crippen LogP contribution in [0.15, 0.2) is 206 Å². The second-order valence-electron chi connectivity index (χ2n) is 16.1. The van der Waals surface area contributed by atoms with Crippen molar-refractivity contribution in [2.24, 2.45) is 0 Å². The molecular formula is C56H36N4. The lowest BCUT2D eigenvalue weighted by atomic mass is 9.64. The minimum absolute atomic E-state index is 0.0335. The van der Waals surface area contributed by atoms with Gasteiger partial charge in [0, 0.05) is 22.2 Å². The van der Waals surface area contributed by atoms with E-state index in [1.165, 1.54) is 72.2 Å². The summed E-state index contributed by atoms with van der Waals surface area (Å²) in [5.74, 6) is 0.713. The zero-order valence-corrected chi connectivity index (χ0v) is 32.5. The molecule has 0 bridgehead atoms. The van der Waals surface area contributed by atoms with Gasteiger partial charge in [-0.3, -0.25) is 0 Å². The van der Waals surface area contributed by atoms with Crippen molar-refractivity contribution in [2.75, 3.05) is 10.2 Å². The topological polar surface area (TPSA) is 41.0 Å². The van der Waals surface area contributed by atoms with Gasteiger partial charge in [-0.25, -0.2) is 9.97 Å². The van der Waals surface area contributed by atoms with Crippen LogP contribution in [0.5, 0.6) is 0 Å². The highest BCUT2D eigenvalue weighted by Gasteiger charge is 2.54. The van der Waals surface area contributed by atoms with E-state index in [9.17, 15) is 0 Å². The molecule has 0 amide bonds.